The molecule has 4 aromatic carbocycles. The molecular formula is C48H66CaO8S2. The Balaban J connectivity index is 0.000000400. The maximum absolute atomic E-state index is 11.4. The Morgan fingerprint density at radius 2 is 0.695 bits per heavy atom. The zero-order valence-corrected chi connectivity index (χ0v) is 39.4. The van der Waals surface area contributed by atoms with Gasteiger partial charge in [-0.25, -0.2) is 16.8 Å². The van der Waals surface area contributed by atoms with Crippen LogP contribution in [0.1, 0.15) is 153 Å². The van der Waals surface area contributed by atoms with Crippen LogP contribution in [-0.2, 0) is 33.1 Å². The van der Waals surface area contributed by atoms with E-state index in [2.05, 4.69) is 13.8 Å². The molecule has 0 aromatic heterocycles. The molecule has 0 unspecified atom stereocenters. The molecule has 0 radical (unpaired) electrons. The molecule has 0 amide bonds. The maximum atomic E-state index is 11.4. The zero-order chi connectivity index (χ0) is 41.9. The average Bonchev–Trinajstić information content (AvgIpc) is 3.20. The smallest absolute Gasteiger partial charge is 0.744 e. The van der Waals surface area contributed by atoms with Crippen molar-refractivity contribution >= 4 is 58.0 Å². The summed E-state index contributed by atoms with van der Waals surface area (Å²) in [6.07, 6.45) is 26.1. The monoisotopic (exact) mass is 874 g/mol. The normalized spacial score (nSPS) is 11.3. The van der Waals surface area contributed by atoms with Crippen molar-refractivity contribution in [3.8, 4) is 23.0 Å². The summed E-state index contributed by atoms with van der Waals surface area (Å²) >= 11 is 0. The van der Waals surface area contributed by atoms with Gasteiger partial charge in [0.1, 0.15) is 43.2 Å². The third-order valence-corrected chi connectivity index (χ3v) is 11.8. The van der Waals surface area contributed by atoms with Gasteiger partial charge in [0.05, 0.1) is 9.79 Å². The Labute approximate surface area is 386 Å². The van der Waals surface area contributed by atoms with Crippen molar-refractivity contribution in [2.45, 2.75) is 165 Å². The first-order valence-corrected chi connectivity index (χ1v) is 24.5. The van der Waals surface area contributed by atoms with Gasteiger partial charge in [0.25, 0.3) is 0 Å². The van der Waals surface area contributed by atoms with Crippen LogP contribution in [0.15, 0.2) is 107 Å². The predicted octanol–water partition coefficient (Wildman–Crippen LogP) is 13.3. The maximum Gasteiger partial charge on any atom is 2.00 e. The van der Waals surface area contributed by atoms with Gasteiger partial charge in [0.15, 0.2) is 0 Å². The minimum absolute atomic E-state index is 0. The molecule has 0 saturated carbocycles. The minimum Gasteiger partial charge on any atom is -0.744 e. The number of benzene rings is 4. The molecule has 0 N–H and O–H groups in total. The predicted molar refractivity (Wildman–Crippen MR) is 239 cm³/mol. The first kappa shape index (κ1) is 52.7. The molecule has 0 spiro atoms. The Morgan fingerprint density at radius 3 is 0.983 bits per heavy atom. The Morgan fingerprint density at radius 1 is 0.407 bits per heavy atom. The first-order chi connectivity index (χ1) is 28.0. The second-order valence-corrected chi connectivity index (χ2v) is 17.9. The van der Waals surface area contributed by atoms with Crippen LogP contribution in [0.2, 0.25) is 0 Å². The van der Waals surface area contributed by atoms with Crippen molar-refractivity contribution in [3.05, 3.63) is 108 Å². The topological polar surface area (TPSA) is 133 Å². The fourth-order valence-electron chi connectivity index (χ4n) is 6.85. The van der Waals surface area contributed by atoms with Gasteiger partial charge >= 0.3 is 37.7 Å². The fraction of sp³-hybridized carbons (Fsp3) is 0.500. The Kier molecular flexibility index (Phi) is 27.3. The van der Waals surface area contributed by atoms with E-state index >= 15 is 0 Å². The van der Waals surface area contributed by atoms with Crippen molar-refractivity contribution in [1.29, 1.82) is 0 Å². The summed E-state index contributed by atoms with van der Waals surface area (Å²) in [6, 6.07) is 27.5. The number of hydrogen-bond donors (Lipinski definition) is 0. The van der Waals surface area contributed by atoms with Crippen molar-refractivity contribution in [1.82, 2.24) is 0 Å². The van der Waals surface area contributed by atoms with Crippen molar-refractivity contribution in [2.75, 3.05) is 0 Å². The molecule has 4 aromatic rings. The van der Waals surface area contributed by atoms with Gasteiger partial charge in [-0.2, -0.15) is 0 Å². The summed E-state index contributed by atoms with van der Waals surface area (Å²) < 4.78 is 80.2. The van der Waals surface area contributed by atoms with Gasteiger partial charge in [0.2, 0.25) is 0 Å². The summed E-state index contributed by atoms with van der Waals surface area (Å²) in [7, 11) is -8.95. The number of ether oxygens (including phenoxy) is 2. The van der Waals surface area contributed by atoms with Crippen molar-refractivity contribution in [2.24, 2.45) is 0 Å². The standard InChI is InChI=1S/2C24H34O4S.Ca/c2*1-2-3-4-5-6-7-8-9-10-12-15-21-20-23(29(25,26)27)18-19-24(21)28-22-16-13-11-14-17-22;/h2*11,13-14,16-20H,2-10,12,15H2,1H3,(H,25,26,27);/q;;+2/p-2. The van der Waals surface area contributed by atoms with E-state index in [4.69, 9.17) is 9.47 Å². The summed E-state index contributed by atoms with van der Waals surface area (Å²) in [5, 5.41) is 0. The molecule has 0 aliphatic carbocycles. The van der Waals surface area contributed by atoms with E-state index in [9.17, 15) is 25.9 Å². The van der Waals surface area contributed by atoms with E-state index in [0.717, 1.165) is 36.8 Å². The Hall–Kier alpha value is -2.44. The number of rotatable bonds is 28. The quantitative estimate of drug-likeness (QED) is 0.0313. The molecular weight excluding hydrogens is 809 g/mol. The fourth-order valence-corrected chi connectivity index (χ4v) is 7.89. The summed E-state index contributed by atoms with van der Waals surface area (Å²) in [5.41, 5.74) is 1.54. The largest absolute Gasteiger partial charge is 2.00 e. The molecule has 4 rings (SSSR count). The minimum atomic E-state index is -4.47. The summed E-state index contributed by atoms with van der Waals surface area (Å²) in [6.45, 7) is 4.47. The number of unbranched alkanes of at least 4 members (excludes halogenated alkanes) is 18. The number of aryl methyl sites for hydroxylation is 2. The second kappa shape index (κ2) is 30.6. The van der Waals surface area contributed by atoms with Crippen LogP contribution in [0, 0.1) is 0 Å². The SMILES string of the molecule is CCCCCCCCCCCCc1cc(S(=O)(=O)[O-])ccc1Oc1ccccc1.CCCCCCCCCCCCc1cc(S(=O)(=O)[O-])ccc1Oc1ccccc1.[Ca+2]. The van der Waals surface area contributed by atoms with Crippen LogP contribution in [-0.4, -0.2) is 63.7 Å². The van der Waals surface area contributed by atoms with E-state index in [1.165, 1.54) is 127 Å². The molecule has 11 heteroatoms. The average molecular weight is 875 g/mol. The van der Waals surface area contributed by atoms with Gasteiger partial charge in [-0.1, -0.05) is 166 Å². The van der Waals surface area contributed by atoms with Gasteiger partial charge in [-0.05, 0) is 97.5 Å². The molecule has 0 atom stereocenters. The summed E-state index contributed by atoms with van der Waals surface area (Å²) in [4.78, 5) is -0.389. The van der Waals surface area contributed by atoms with Gasteiger partial charge in [-0.15, -0.1) is 0 Å². The van der Waals surface area contributed by atoms with Crippen LogP contribution < -0.4 is 9.47 Å². The molecule has 59 heavy (non-hydrogen) atoms. The summed E-state index contributed by atoms with van der Waals surface area (Å²) in [5.74, 6) is 2.60. The van der Waals surface area contributed by atoms with E-state index < -0.39 is 20.2 Å². The van der Waals surface area contributed by atoms with Crippen molar-refractivity contribution in [3.63, 3.8) is 0 Å². The third-order valence-electron chi connectivity index (χ3n) is 10.2. The van der Waals surface area contributed by atoms with E-state index in [0.29, 0.717) is 35.8 Å². The van der Waals surface area contributed by atoms with E-state index in [-0.39, 0.29) is 47.5 Å². The molecule has 8 nitrogen and oxygen atoms in total. The van der Waals surface area contributed by atoms with E-state index in [1.807, 2.05) is 60.7 Å². The van der Waals surface area contributed by atoms with Crippen LogP contribution in [0.25, 0.3) is 0 Å². The molecule has 320 valence electrons. The zero-order valence-electron chi connectivity index (χ0n) is 35.6. The second-order valence-electron chi connectivity index (χ2n) is 15.1. The van der Waals surface area contributed by atoms with Gasteiger partial charge in [0, 0.05) is 0 Å². The Bertz CT molecular complexity index is 1780. The molecule has 0 fully saturated rings. The van der Waals surface area contributed by atoms with Crippen molar-refractivity contribution < 1.29 is 35.4 Å². The van der Waals surface area contributed by atoms with Crippen LogP contribution in [0.5, 0.6) is 23.0 Å². The van der Waals surface area contributed by atoms with E-state index in [1.54, 1.807) is 12.1 Å². The molecule has 0 aliphatic rings. The molecule has 0 aliphatic heterocycles. The first-order valence-electron chi connectivity index (χ1n) is 21.6. The van der Waals surface area contributed by atoms with Crippen LogP contribution in [0.3, 0.4) is 0 Å². The number of para-hydroxylation sites is 2. The number of hydrogen-bond acceptors (Lipinski definition) is 8. The molecule has 0 heterocycles. The molecule has 0 bridgehead atoms. The third kappa shape index (κ3) is 22.8. The van der Waals surface area contributed by atoms with Crippen LogP contribution >= 0.6 is 0 Å². The van der Waals surface area contributed by atoms with Crippen LogP contribution in [0.4, 0.5) is 0 Å². The molecule has 0 saturated heterocycles. The van der Waals surface area contributed by atoms with Gasteiger partial charge < -0.3 is 18.6 Å². The van der Waals surface area contributed by atoms with Gasteiger partial charge in [-0.3, -0.25) is 0 Å².